The molecular weight excluding hydrogens is 234 g/mol. The molecule has 1 unspecified atom stereocenters. The van der Waals surface area contributed by atoms with Gasteiger partial charge in [-0.1, -0.05) is 0 Å². The third-order valence-corrected chi connectivity index (χ3v) is 3.28. The Hall–Kier alpha value is -1.16. The van der Waals surface area contributed by atoms with E-state index in [0.717, 1.165) is 10.6 Å². The Balaban J connectivity index is 2.55. The van der Waals surface area contributed by atoms with E-state index in [2.05, 4.69) is 5.32 Å². The van der Waals surface area contributed by atoms with Gasteiger partial charge in [-0.3, -0.25) is 4.79 Å². The molecule has 1 amide bonds. The monoisotopic (exact) mass is 253 g/mol. The summed E-state index contributed by atoms with van der Waals surface area (Å²) in [7, 11) is 1.64. The minimum atomic E-state index is -0.0919. The molecule has 1 rings (SSSR count). The quantitative estimate of drug-likeness (QED) is 0.820. The summed E-state index contributed by atoms with van der Waals surface area (Å²) in [6.07, 6.45) is 0. The Bertz CT molecular complexity index is 362. The number of nitrogens with one attached hydrogen (secondary N) is 1. The summed E-state index contributed by atoms with van der Waals surface area (Å²) < 4.78 is 5.09. The van der Waals surface area contributed by atoms with Crippen molar-refractivity contribution in [3.8, 4) is 5.75 Å². The van der Waals surface area contributed by atoms with Crippen LogP contribution in [0.3, 0.4) is 0 Å². The minimum absolute atomic E-state index is 0.0702. The highest BCUT2D eigenvalue weighted by Crippen LogP contribution is 2.25. The summed E-state index contributed by atoms with van der Waals surface area (Å²) in [6, 6.07) is 7.90. The molecule has 0 radical (unpaired) electrons. The lowest BCUT2D eigenvalue weighted by Gasteiger charge is -2.14. The van der Waals surface area contributed by atoms with Gasteiger partial charge >= 0.3 is 0 Å². The summed E-state index contributed by atoms with van der Waals surface area (Å²) in [5.74, 6) is 0.898. The van der Waals surface area contributed by atoms with Crippen molar-refractivity contribution < 1.29 is 9.53 Å². The van der Waals surface area contributed by atoms with Crippen molar-refractivity contribution in [2.75, 3.05) is 7.11 Å². The number of benzene rings is 1. The van der Waals surface area contributed by atoms with Gasteiger partial charge in [-0.15, -0.1) is 11.8 Å². The third-order valence-electron chi connectivity index (χ3n) is 2.17. The number of thioether (sulfide) groups is 1. The average Bonchev–Trinajstić information content (AvgIpc) is 2.29. The number of methoxy groups -OCH3 is 1. The molecule has 3 nitrogen and oxygen atoms in total. The molecule has 0 heterocycles. The zero-order chi connectivity index (χ0) is 12.8. The lowest BCUT2D eigenvalue weighted by molar-refractivity contribution is -0.120. The second kappa shape index (κ2) is 6.55. The zero-order valence-corrected chi connectivity index (χ0v) is 11.5. The van der Waals surface area contributed by atoms with Crippen molar-refractivity contribution in [1.82, 2.24) is 5.32 Å². The van der Waals surface area contributed by atoms with Crippen LogP contribution in [0.5, 0.6) is 5.75 Å². The maximum absolute atomic E-state index is 11.7. The van der Waals surface area contributed by atoms with Crippen molar-refractivity contribution in [2.24, 2.45) is 0 Å². The van der Waals surface area contributed by atoms with Crippen LogP contribution < -0.4 is 10.1 Å². The molecule has 0 fully saturated rings. The van der Waals surface area contributed by atoms with Crippen LogP contribution in [0.25, 0.3) is 0 Å². The van der Waals surface area contributed by atoms with E-state index in [0.29, 0.717) is 0 Å². The Morgan fingerprint density at radius 2 is 1.82 bits per heavy atom. The second-order valence-electron chi connectivity index (χ2n) is 4.10. The molecule has 1 aromatic carbocycles. The number of rotatable bonds is 5. The van der Waals surface area contributed by atoms with E-state index in [1.165, 1.54) is 0 Å². The summed E-state index contributed by atoms with van der Waals surface area (Å²) in [6.45, 7) is 5.83. The van der Waals surface area contributed by atoms with Gasteiger partial charge in [0.2, 0.25) is 5.91 Å². The topological polar surface area (TPSA) is 38.3 Å². The summed E-state index contributed by atoms with van der Waals surface area (Å²) in [4.78, 5) is 12.8. The first-order valence-electron chi connectivity index (χ1n) is 5.64. The largest absolute Gasteiger partial charge is 0.497 e. The lowest BCUT2D eigenvalue weighted by atomic mass is 10.3. The fourth-order valence-corrected chi connectivity index (χ4v) is 2.19. The van der Waals surface area contributed by atoms with Crippen LogP contribution in [-0.4, -0.2) is 24.3 Å². The number of carbonyl (C=O) groups excluding carboxylic acids is 1. The molecule has 0 aliphatic rings. The summed E-state index contributed by atoms with van der Waals surface area (Å²) >= 11 is 1.55. The molecule has 0 aromatic heterocycles. The van der Waals surface area contributed by atoms with Crippen LogP contribution in [0.15, 0.2) is 29.2 Å². The number of carbonyl (C=O) groups is 1. The SMILES string of the molecule is COc1ccc(SC(C)C(=O)NC(C)C)cc1. The van der Waals surface area contributed by atoms with Crippen LogP contribution >= 0.6 is 11.8 Å². The van der Waals surface area contributed by atoms with Crippen molar-refractivity contribution >= 4 is 17.7 Å². The van der Waals surface area contributed by atoms with Crippen LogP contribution in [0.2, 0.25) is 0 Å². The van der Waals surface area contributed by atoms with Gasteiger partial charge in [0.1, 0.15) is 5.75 Å². The van der Waals surface area contributed by atoms with E-state index in [4.69, 9.17) is 4.74 Å². The third kappa shape index (κ3) is 4.69. The number of hydrogen-bond acceptors (Lipinski definition) is 3. The van der Waals surface area contributed by atoms with Crippen LogP contribution in [0, 0.1) is 0 Å². The second-order valence-corrected chi connectivity index (χ2v) is 5.51. The molecule has 94 valence electrons. The number of amides is 1. The highest BCUT2D eigenvalue weighted by atomic mass is 32.2. The minimum Gasteiger partial charge on any atom is -0.497 e. The molecular formula is C13H19NO2S. The Morgan fingerprint density at radius 3 is 2.29 bits per heavy atom. The van der Waals surface area contributed by atoms with E-state index in [-0.39, 0.29) is 17.2 Å². The number of hydrogen-bond donors (Lipinski definition) is 1. The highest BCUT2D eigenvalue weighted by Gasteiger charge is 2.14. The summed E-state index contributed by atoms with van der Waals surface area (Å²) in [5, 5.41) is 2.81. The molecule has 0 aliphatic carbocycles. The summed E-state index contributed by atoms with van der Waals surface area (Å²) in [5.41, 5.74) is 0. The normalized spacial score (nSPS) is 12.3. The molecule has 17 heavy (non-hydrogen) atoms. The van der Waals surface area contributed by atoms with Gasteiger partial charge in [0.25, 0.3) is 0 Å². The van der Waals surface area contributed by atoms with Gasteiger partial charge in [0, 0.05) is 10.9 Å². The predicted octanol–water partition coefficient (Wildman–Crippen LogP) is 2.70. The van der Waals surface area contributed by atoms with E-state index in [9.17, 15) is 4.79 Å². The molecule has 0 bridgehead atoms. The fraction of sp³-hybridized carbons (Fsp3) is 0.462. The molecule has 0 spiro atoms. The first-order valence-corrected chi connectivity index (χ1v) is 6.52. The van der Waals surface area contributed by atoms with Crippen molar-refractivity contribution in [3.05, 3.63) is 24.3 Å². The van der Waals surface area contributed by atoms with Crippen LogP contribution in [0.4, 0.5) is 0 Å². The number of ether oxygens (including phenoxy) is 1. The van der Waals surface area contributed by atoms with E-state index >= 15 is 0 Å². The van der Waals surface area contributed by atoms with Crippen molar-refractivity contribution in [3.63, 3.8) is 0 Å². The standard InChI is InChI=1S/C13H19NO2S/c1-9(2)14-13(15)10(3)17-12-7-5-11(16-4)6-8-12/h5-10H,1-4H3,(H,14,15). The van der Waals surface area contributed by atoms with Gasteiger partial charge in [-0.05, 0) is 45.0 Å². The zero-order valence-electron chi connectivity index (χ0n) is 10.7. The molecule has 0 aliphatic heterocycles. The van der Waals surface area contributed by atoms with Gasteiger partial charge in [-0.2, -0.15) is 0 Å². The van der Waals surface area contributed by atoms with Gasteiger partial charge in [-0.25, -0.2) is 0 Å². The van der Waals surface area contributed by atoms with Gasteiger partial charge < -0.3 is 10.1 Å². The molecule has 4 heteroatoms. The maximum atomic E-state index is 11.7. The first kappa shape index (κ1) is 13.9. The Morgan fingerprint density at radius 1 is 1.24 bits per heavy atom. The molecule has 1 atom stereocenters. The van der Waals surface area contributed by atoms with E-state index in [1.807, 2.05) is 45.0 Å². The Labute approximate surface area is 107 Å². The highest BCUT2D eigenvalue weighted by molar-refractivity contribution is 8.00. The molecule has 0 saturated carbocycles. The fourth-order valence-electron chi connectivity index (χ4n) is 1.31. The van der Waals surface area contributed by atoms with Gasteiger partial charge in [0.05, 0.1) is 12.4 Å². The molecule has 1 N–H and O–H groups in total. The molecule has 1 aromatic rings. The lowest BCUT2D eigenvalue weighted by Crippen LogP contribution is -2.35. The van der Waals surface area contributed by atoms with Gasteiger partial charge in [0.15, 0.2) is 0 Å². The maximum Gasteiger partial charge on any atom is 0.233 e. The van der Waals surface area contributed by atoms with Crippen molar-refractivity contribution in [1.29, 1.82) is 0 Å². The Kier molecular flexibility index (Phi) is 5.35. The smallest absolute Gasteiger partial charge is 0.233 e. The molecule has 0 saturated heterocycles. The van der Waals surface area contributed by atoms with Crippen LogP contribution in [0.1, 0.15) is 20.8 Å². The average molecular weight is 253 g/mol. The predicted molar refractivity (Wildman–Crippen MR) is 71.6 cm³/mol. The van der Waals surface area contributed by atoms with Crippen LogP contribution in [-0.2, 0) is 4.79 Å². The first-order chi connectivity index (χ1) is 8.02. The van der Waals surface area contributed by atoms with E-state index in [1.54, 1.807) is 18.9 Å². The van der Waals surface area contributed by atoms with Crippen molar-refractivity contribution in [2.45, 2.75) is 37.0 Å². The van der Waals surface area contributed by atoms with E-state index < -0.39 is 0 Å².